The van der Waals surface area contributed by atoms with E-state index in [4.69, 9.17) is 19.5 Å². The smallest absolute Gasteiger partial charge is 0.143 e. The summed E-state index contributed by atoms with van der Waals surface area (Å²) in [6.45, 7) is 12.1. The van der Waals surface area contributed by atoms with Crippen molar-refractivity contribution in [3.63, 3.8) is 0 Å². The number of benzene rings is 9. The van der Waals surface area contributed by atoms with Crippen molar-refractivity contribution in [3.8, 4) is 33.4 Å². The first-order chi connectivity index (χ1) is 42.5. The highest BCUT2D eigenvalue weighted by molar-refractivity contribution is 6.19. The van der Waals surface area contributed by atoms with Crippen LogP contribution in [0.2, 0.25) is 0 Å². The molecule has 308 valence electrons. The average Bonchev–Trinajstić information content (AvgIpc) is 1.48. The zero-order chi connectivity index (χ0) is 68.7. The van der Waals surface area contributed by atoms with Crippen LogP contribution in [0, 0.1) is 32.1 Å². The Hall–Kier alpha value is -6.90. The highest BCUT2D eigenvalue weighted by Gasteiger charge is 2.54. The molecule has 0 radical (unpaired) electrons. The van der Waals surface area contributed by atoms with Gasteiger partial charge in [-0.05, 0) is 147 Å². The minimum atomic E-state index is -1.94. The average molecular weight is 845 g/mol. The molecule has 63 heavy (non-hydrogen) atoms. The highest BCUT2D eigenvalue weighted by atomic mass is 16.3. The van der Waals surface area contributed by atoms with Crippen molar-refractivity contribution in [2.75, 3.05) is 4.90 Å². The lowest BCUT2D eigenvalue weighted by molar-refractivity contribution is 0.170. The quantitative estimate of drug-likeness (QED) is 0.166. The Bertz CT molecular complexity index is 5080. The fraction of sp³-hybridized carbons (Fsp3) is 0.180. The second-order valence-electron chi connectivity index (χ2n) is 16.8. The Morgan fingerprint density at radius 2 is 1.24 bits per heavy atom. The number of anilines is 3. The molecule has 11 rings (SSSR count). The van der Waals surface area contributed by atoms with Crippen LogP contribution in [-0.2, 0) is 5.41 Å². The third kappa shape index (κ3) is 5.91. The summed E-state index contributed by atoms with van der Waals surface area (Å²) >= 11 is 0. The monoisotopic (exact) mass is 845 g/mol. The lowest BCUT2D eigenvalue weighted by Gasteiger charge is -2.48. The van der Waals surface area contributed by atoms with E-state index < -0.39 is 263 Å². The molecule has 1 aromatic heterocycles. The van der Waals surface area contributed by atoms with Crippen LogP contribution in [0.5, 0.6) is 0 Å². The molecule has 9 aromatic carbocycles. The standard InChI is InChI=1S/C61H53NO/c1-37(2)61(60(6,7)8)55-19-12-11-18-49(55)51-30-31-56(40(5)58(51)61)62(46-25-23-42(24-26-46)44-22-21-41-15-9-10-16-43(41)34-44)47-27-29-50-54-36-52(45-17-13-14-38(3)32-45)48-28-20-39(4)33-53(48)59(54)63-57(50)35-47/h9-37H,1-8H3/i9D,10D,11D,12D,13D,14D,15D,16D,17D,18D,19D,20D,21D,22D,23D,24D,25D,26D,27D,28D,29D,30D,31D,32D,33D,34D,35D,36D,37D. The van der Waals surface area contributed by atoms with Crippen molar-refractivity contribution in [2.24, 2.45) is 11.3 Å². The van der Waals surface area contributed by atoms with E-state index in [-0.39, 0.29) is 44.3 Å². The van der Waals surface area contributed by atoms with Gasteiger partial charge in [0.15, 0.2) is 0 Å². The molecule has 0 spiro atoms. The molecule has 1 heterocycles. The minimum Gasteiger partial charge on any atom is -0.455 e. The van der Waals surface area contributed by atoms with Gasteiger partial charge in [-0.3, -0.25) is 0 Å². The Morgan fingerprint density at radius 3 is 2.03 bits per heavy atom. The number of furan rings is 1. The van der Waals surface area contributed by atoms with Gasteiger partial charge in [0.05, 0.1) is 38.4 Å². The number of hydrogen-bond acceptors (Lipinski definition) is 2. The van der Waals surface area contributed by atoms with Gasteiger partial charge in [-0.1, -0.05) is 161 Å². The second kappa shape index (κ2) is 14.3. The van der Waals surface area contributed by atoms with E-state index in [0.717, 1.165) is 0 Å². The predicted molar refractivity (Wildman–Crippen MR) is 269 cm³/mol. The molecule has 2 nitrogen and oxygen atoms in total. The third-order valence-corrected chi connectivity index (χ3v) is 11.7. The van der Waals surface area contributed by atoms with E-state index in [2.05, 4.69) is 0 Å². The summed E-state index contributed by atoms with van der Waals surface area (Å²) in [5.74, 6) is -1.86. The Morgan fingerprint density at radius 1 is 0.540 bits per heavy atom. The van der Waals surface area contributed by atoms with Crippen LogP contribution < -0.4 is 4.90 Å². The van der Waals surface area contributed by atoms with Gasteiger partial charge in [-0.15, -0.1) is 0 Å². The minimum absolute atomic E-state index is 0.0570. The number of nitrogens with zero attached hydrogens (tertiary/aromatic N) is 1. The lowest BCUT2D eigenvalue weighted by atomic mass is 9.55. The lowest BCUT2D eigenvalue weighted by Crippen LogP contribution is -2.44. The summed E-state index contributed by atoms with van der Waals surface area (Å²) in [7, 11) is 0. The van der Waals surface area contributed by atoms with E-state index >= 15 is 0 Å². The van der Waals surface area contributed by atoms with E-state index in [1.807, 2.05) is 0 Å². The van der Waals surface area contributed by atoms with Gasteiger partial charge in [0, 0.05) is 46.0 Å². The maximum absolute atomic E-state index is 10.3. The van der Waals surface area contributed by atoms with Crippen molar-refractivity contribution in [1.29, 1.82) is 0 Å². The summed E-state index contributed by atoms with van der Waals surface area (Å²) in [6.07, 6.45) is 0. The Balaban J connectivity index is 1.38. The zero-order valence-corrected chi connectivity index (χ0v) is 35.4. The maximum atomic E-state index is 10.3. The first-order valence-corrected chi connectivity index (χ1v) is 20.1. The SMILES string of the molecule is [2H]c1c([2H])c(C)c([2H])c(-c2c([2H])c3c(oc4c([2H])c(N(c5c([2H])c([2H])c(-c6c([2H])c([2H])c7c([2H])c([2H])c([2H])c([2H])c7c6[2H])c([2H])c5[2H])c5c([2H])c([2H])c6c(c5C)C(C([2H])(C)C)(C(C)(C)C)c5c([2H])c([2H])c([2H])c([2H])c5-6)c([2H])c([2H])c43)c3c([2H])c(C)c([2H])c([2H])c23)c1[2H]. The molecule has 10 aromatic rings. The van der Waals surface area contributed by atoms with Crippen LogP contribution in [0.1, 0.15) is 102 Å². The van der Waals surface area contributed by atoms with Gasteiger partial charge in [0.25, 0.3) is 0 Å². The summed E-state index contributed by atoms with van der Waals surface area (Å²) < 4.78 is 279. The van der Waals surface area contributed by atoms with Crippen LogP contribution in [0.4, 0.5) is 17.1 Å². The van der Waals surface area contributed by atoms with Gasteiger partial charge >= 0.3 is 0 Å². The summed E-state index contributed by atoms with van der Waals surface area (Å²) in [5, 5.41) is -2.86. The van der Waals surface area contributed by atoms with Crippen LogP contribution in [0.25, 0.3) is 76.9 Å². The molecule has 1 aliphatic rings. The largest absolute Gasteiger partial charge is 0.455 e. The molecule has 0 bridgehead atoms. The highest BCUT2D eigenvalue weighted by Crippen LogP contribution is 2.63. The molecule has 1 aliphatic carbocycles. The van der Waals surface area contributed by atoms with Gasteiger partial charge in [-0.25, -0.2) is 0 Å². The molecule has 1 unspecified atom stereocenters. The molecular weight excluding hydrogens is 763 g/mol. The maximum Gasteiger partial charge on any atom is 0.143 e. The molecule has 0 saturated heterocycles. The molecule has 0 saturated carbocycles. The van der Waals surface area contributed by atoms with Gasteiger partial charge in [-0.2, -0.15) is 0 Å². The first kappa shape index (κ1) is 18.8. The topological polar surface area (TPSA) is 16.4 Å². The van der Waals surface area contributed by atoms with Crippen LogP contribution >= 0.6 is 0 Å². The summed E-state index contributed by atoms with van der Waals surface area (Å²) in [4.78, 5) is 0.716. The van der Waals surface area contributed by atoms with E-state index in [1.54, 1.807) is 20.8 Å². The van der Waals surface area contributed by atoms with Gasteiger partial charge < -0.3 is 9.32 Å². The summed E-state index contributed by atoms with van der Waals surface area (Å²) in [5.41, 5.74) is -10.5. The number of hydrogen-bond donors (Lipinski definition) is 0. The van der Waals surface area contributed by atoms with E-state index in [1.165, 1.54) is 34.6 Å². The van der Waals surface area contributed by atoms with Crippen LogP contribution in [0.15, 0.2) is 174 Å². The summed E-state index contributed by atoms with van der Waals surface area (Å²) in [6, 6.07) is -22.5. The van der Waals surface area contributed by atoms with Crippen molar-refractivity contribution >= 4 is 60.5 Å². The first-order valence-electron chi connectivity index (χ1n) is 34.6. The van der Waals surface area contributed by atoms with Gasteiger partial charge in [0.1, 0.15) is 11.2 Å². The van der Waals surface area contributed by atoms with E-state index in [9.17, 15) is 24.7 Å². The second-order valence-corrected chi connectivity index (χ2v) is 16.8. The fourth-order valence-electron chi connectivity index (χ4n) is 9.26. The molecule has 0 aliphatic heterocycles. The fourth-order valence-corrected chi connectivity index (χ4v) is 9.26. The molecule has 0 amide bonds. The molecule has 2 heteroatoms. The predicted octanol–water partition coefficient (Wildman–Crippen LogP) is 17.6. The molecule has 1 atom stereocenters. The molecule has 0 fully saturated rings. The van der Waals surface area contributed by atoms with Crippen molar-refractivity contribution in [2.45, 2.75) is 60.8 Å². The van der Waals surface area contributed by atoms with Crippen molar-refractivity contribution in [1.82, 2.24) is 0 Å². The normalized spacial score (nSPS) is 21.5. The van der Waals surface area contributed by atoms with Crippen LogP contribution in [0.3, 0.4) is 0 Å². The molecule has 0 N–H and O–H groups in total. The van der Waals surface area contributed by atoms with E-state index in [0.29, 0.717) is 4.90 Å². The zero-order valence-electron chi connectivity index (χ0n) is 64.4. The number of rotatable bonds is 6. The van der Waals surface area contributed by atoms with Crippen molar-refractivity contribution in [3.05, 3.63) is 197 Å². The van der Waals surface area contributed by atoms with Crippen LogP contribution in [-0.4, -0.2) is 0 Å². The third-order valence-electron chi connectivity index (χ3n) is 11.7. The molecular formula is C61H53NO. The van der Waals surface area contributed by atoms with Gasteiger partial charge in [0.2, 0.25) is 0 Å². The Labute approximate surface area is 412 Å². The van der Waals surface area contributed by atoms with Crippen molar-refractivity contribution < 1.29 is 44.2 Å². The Kier molecular flexibility index (Phi) is 4.28. The number of fused-ring (bicyclic) bond motifs is 9.